The summed E-state index contributed by atoms with van der Waals surface area (Å²) in [6.07, 6.45) is 5.55. The average Bonchev–Trinajstić information content (AvgIpc) is 2.88. The fourth-order valence-electron chi connectivity index (χ4n) is 3.44. The highest BCUT2D eigenvalue weighted by molar-refractivity contribution is 5.33. The van der Waals surface area contributed by atoms with Gasteiger partial charge in [-0.15, -0.1) is 0 Å². The SMILES string of the molecule is N#CC1(CC2CCCc3ccccc32)CCOC1. The Morgan fingerprint density at radius 2 is 2.28 bits per heavy atom. The topological polar surface area (TPSA) is 33.0 Å². The molecule has 94 valence electrons. The number of aryl methyl sites for hydroxylation is 1. The predicted molar refractivity (Wildman–Crippen MR) is 70.2 cm³/mol. The number of ether oxygens (including phenoxy) is 1. The lowest BCUT2D eigenvalue weighted by Gasteiger charge is -2.30. The molecule has 0 spiro atoms. The molecule has 0 bridgehead atoms. The molecule has 0 amide bonds. The van der Waals surface area contributed by atoms with Gasteiger partial charge in [0.15, 0.2) is 0 Å². The van der Waals surface area contributed by atoms with E-state index < -0.39 is 0 Å². The number of hydrogen-bond acceptors (Lipinski definition) is 2. The Morgan fingerprint density at radius 1 is 1.39 bits per heavy atom. The maximum absolute atomic E-state index is 9.47. The molecule has 1 fully saturated rings. The third-order valence-corrected chi connectivity index (χ3v) is 4.47. The minimum atomic E-state index is -0.227. The molecule has 2 nitrogen and oxygen atoms in total. The third kappa shape index (κ3) is 2.04. The molecule has 1 heterocycles. The van der Waals surface area contributed by atoms with E-state index in [1.54, 1.807) is 0 Å². The lowest BCUT2D eigenvalue weighted by Crippen LogP contribution is -2.24. The number of nitrogens with zero attached hydrogens (tertiary/aromatic N) is 1. The number of benzene rings is 1. The van der Waals surface area contributed by atoms with Gasteiger partial charge in [0.25, 0.3) is 0 Å². The van der Waals surface area contributed by atoms with Crippen LogP contribution in [-0.2, 0) is 11.2 Å². The molecule has 2 atom stereocenters. The lowest BCUT2D eigenvalue weighted by atomic mass is 9.72. The molecule has 1 aliphatic heterocycles. The van der Waals surface area contributed by atoms with Crippen molar-refractivity contribution in [1.82, 2.24) is 0 Å². The summed E-state index contributed by atoms with van der Waals surface area (Å²) in [5.74, 6) is 0.552. The van der Waals surface area contributed by atoms with Crippen molar-refractivity contribution in [2.24, 2.45) is 5.41 Å². The van der Waals surface area contributed by atoms with E-state index in [0.717, 1.165) is 19.4 Å². The van der Waals surface area contributed by atoms with E-state index in [2.05, 4.69) is 30.3 Å². The Balaban J connectivity index is 1.84. The van der Waals surface area contributed by atoms with E-state index in [4.69, 9.17) is 4.74 Å². The predicted octanol–water partition coefficient (Wildman–Crippen LogP) is 3.43. The van der Waals surface area contributed by atoms with Crippen molar-refractivity contribution in [3.63, 3.8) is 0 Å². The fraction of sp³-hybridized carbons (Fsp3) is 0.562. The Kier molecular flexibility index (Phi) is 3.09. The van der Waals surface area contributed by atoms with E-state index in [-0.39, 0.29) is 5.41 Å². The molecular weight excluding hydrogens is 222 g/mol. The van der Waals surface area contributed by atoms with Gasteiger partial charge in [0.05, 0.1) is 18.1 Å². The highest BCUT2D eigenvalue weighted by Gasteiger charge is 2.38. The summed E-state index contributed by atoms with van der Waals surface area (Å²) in [4.78, 5) is 0. The van der Waals surface area contributed by atoms with E-state index in [9.17, 15) is 5.26 Å². The van der Waals surface area contributed by atoms with Gasteiger partial charge in [0, 0.05) is 6.61 Å². The third-order valence-electron chi connectivity index (χ3n) is 4.47. The molecule has 18 heavy (non-hydrogen) atoms. The zero-order chi connectivity index (χ0) is 12.4. The Morgan fingerprint density at radius 3 is 3.06 bits per heavy atom. The van der Waals surface area contributed by atoms with Gasteiger partial charge in [0.2, 0.25) is 0 Å². The highest BCUT2D eigenvalue weighted by Crippen LogP contribution is 2.43. The van der Waals surface area contributed by atoms with Crippen LogP contribution in [0.3, 0.4) is 0 Å². The second kappa shape index (κ2) is 4.74. The molecule has 1 saturated heterocycles. The summed E-state index contributed by atoms with van der Waals surface area (Å²) in [5.41, 5.74) is 2.74. The van der Waals surface area contributed by atoms with Crippen LogP contribution in [0.15, 0.2) is 24.3 Å². The summed E-state index contributed by atoms with van der Waals surface area (Å²) in [6.45, 7) is 1.38. The van der Waals surface area contributed by atoms with Crippen LogP contribution in [0.25, 0.3) is 0 Å². The molecule has 1 aliphatic carbocycles. The van der Waals surface area contributed by atoms with Crippen LogP contribution in [0.1, 0.15) is 42.7 Å². The van der Waals surface area contributed by atoms with E-state index in [1.807, 2.05) is 0 Å². The van der Waals surface area contributed by atoms with Crippen molar-refractivity contribution in [3.8, 4) is 6.07 Å². The summed E-state index contributed by atoms with van der Waals surface area (Å²) >= 11 is 0. The largest absolute Gasteiger partial charge is 0.380 e. The van der Waals surface area contributed by atoms with Gasteiger partial charge in [-0.1, -0.05) is 24.3 Å². The summed E-state index contributed by atoms with van der Waals surface area (Å²) in [6, 6.07) is 11.3. The zero-order valence-corrected chi connectivity index (χ0v) is 10.7. The normalized spacial score (nSPS) is 30.7. The lowest BCUT2D eigenvalue weighted by molar-refractivity contribution is 0.164. The molecule has 0 saturated carbocycles. The van der Waals surface area contributed by atoms with Crippen LogP contribution < -0.4 is 0 Å². The monoisotopic (exact) mass is 241 g/mol. The summed E-state index contributed by atoms with van der Waals surface area (Å²) < 4.78 is 5.46. The Labute approximate surface area is 109 Å². The Bertz CT molecular complexity index is 468. The maximum atomic E-state index is 9.47. The highest BCUT2D eigenvalue weighted by atomic mass is 16.5. The zero-order valence-electron chi connectivity index (χ0n) is 10.7. The van der Waals surface area contributed by atoms with Crippen LogP contribution in [0.2, 0.25) is 0 Å². The van der Waals surface area contributed by atoms with E-state index in [0.29, 0.717) is 12.5 Å². The number of rotatable bonds is 2. The van der Waals surface area contributed by atoms with Crippen molar-refractivity contribution in [2.45, 2.75) is 38.0 Å². The van der Waals surface area contributed by atoms with Gasteiger partial charge in [-0.2, -0.15) is 5.26 Å². The maximum Gasteiger partial charge on any atom is 0.0834 e. The molecule has 0 radical (unpaired) electrons. The van der Waals surface area contributed by atoms with E-state index >= 15 is 0 Å². The fourth-order valence-corrected chi connectivity index (χ4v) is 3.44. The van der Waals surface area contributed by atoms with E-state index in [1.165, 1.54) is 30.4 Å². The smallest absolute Gasteiger partial charge is 0.0834 e. The average molecular weight is 241 g/mol. The van der Waals surface area contributed by atoms with Crippen LogP contribution in [0.4, 0.5) is 0 Å². The molecule has 1 aromatic carbocycles. The van der Waals surface area contributed by atoms with Crippen molar-refractivity contribution in [1.29, 1.82) is 5.26 Å². The first-order chi connectivity index (χ1) is 8.83. The van der Waals surface area contributed by atoms with Crippen molar-refractivity contribution in [3.05, 3.63) is 35.4 Å². The first-order valence-electron chi connectivity index (χ1n) is 6.90. The first-order valence-corrected chi connectivity index (χ1v) is 6.90. The van der Waals surface area contributed by atoms with Gasteiger partial charge in [0.1, 0.15) is 0 Å². The standard InChI is InChI=1S/C16H19NO/c17-11-16(8-9-18-12-16)10-14-6-3-5-13-4-1-2-7-15(13)14/h1-2,4,7,14H,3,5-6,8-10,12H2. The second-order valence-corrected chi connectivity index (χ2v) is 5.69. The van der Waals surface area contributed by atoms with Gasteiger partial charge in [-0.3, -0.25) is 0 Å². The summed E-state index contributed by atoms with van der Waals surface area (Å²) in [7, 11) is 0. The number of fused-ring (bicyclic) bond motifs is 1. The summed E-state index contributed by atoms with van der Waals surface area (Å²) in [5, 5.41) is 9.47. The van der Waals surface area contributed by atoms with Crippen molar-refractivity contribution in [2.75, 3.05) is 13.2 Å². The van der Waals surface area contributed by atoms with Gasteiger partial charge in [-0.25, -0.2) is 0 Å². The van der Waals surface area contributed by atoms with Gasteiger partial charge in [-0.05, 0) is 49.1 Å². The van der Waals surface area contributed by atoms with Crippen molar-refractivity contribution >= 4 is 0 Å². The van der Waals surface area contributed by atoms with Gasteiger partial charge >= 0.3 is 0 Å². The molecule has 2 aliphatic rings. The number of hydrogen-bond donors (Lipinski definition) is 0. The molecule has 1 aromatic rings. The molecule has 2 heteroatoms. The van der Waals surface area contributed by atoms with Crippen LogP contribution in [0, 0.1) is 16.7 Å². The molecule has 0 N–H and O–H groups in total. The number of nitriles is 1. The molecular formula is C16H19NO. The first kappa shape index (κ1) is 11.7. The van der Waals surface area contributed by atoms with Crippen LogP contribution in [0.5, 0.6) is 0 Å². The second-order valence-electron chi connectivity index (χ2n) is 5.69. The Hall–Kier alpha value is -1.33. The minimum absolute atomic E-state index is 0.227. The molecule has 3 rings (SSSR count). The molecule has 0 aromatic heterocycles. The van der Waals surface area contributed by atoms with Crippen LogP contribution >= 0.6 is 0 Å². The minimum Gasteiger partial charge on any atom is -0.380 e. The quantitative estimate of drug-likeness (QED) is 0.794. The van der Waals surface area contributed by atoms with Crippen LogP contribution in [-0.4, -0.2) is 13.2 Å². The van der Waals surface area contributed by atoms with Gasteiger partial charge < -0.3 is 4.74 Å². The molecule has 2 unspecified atom stereocenters. The van der Waals surface area contributed by atoms with Crippen molar-refractivity contribution < 1.29 is 4.74 Å².